The summed E-state index contributed by atoms with van der Waals surface area (Å²) in [5, 5.41) is 14.0. The number of amides is 1. The summed E-state index contributed by atoms with van der Waals surface area (Å²) in [5.41, 5.74) is 0. The lowest BCUT2D eigenvalue weighted by atomic mass is 10.0. The van der Waals surface area contributed by atoms with Gasteiger partial charge in [0.1, 0.15) is 13.2 Å². The maximum Gasteiger partial charge on any atom is 0.472 e. The van der Waals surface area contributed by atoms with Crippen LogP contribution in [0.2, 0.25) is 0 Å². The number of rotatable bonds is 67. The number of hydrogen-bond donors (Lipinski definition) is 3. The number of likely N-dealkylation sites (N-methyl/N-ethyl adjacent to an activating group) is 1. The van der Waals surface area contributed by atoms with Crippen molar-refractivity contribution in [1.82, 2.24) is 5.32 Å². The summed E-state index contributed by atoms with van der Waals surface area (Å²) in [6.45, 7) is 4.85. The Labute approximate surface area is 506 Å². The number of phosphoric acid groups is 1. The lowest BCUT2D eigenvalue weighted by molar-refractivity contribution is -0.870. The van der Waals surface area contributed by atoms with E-state index < -0.39 is 20.0 Å². The minimum absolute atomic E-state index is 0.0555. The standard InChI is InChI=1S/C72H141N2O6P/c1-6-8-10-12-14-16-18-20-22-24-26-28-30-32-34-36-38-39-41-43-45-47-49-51-53-55-57-59-61-63-65-71(75)70(69-80-81(77,78)79-68-67-74(3,4)5)73-72(76)66-64-62-60-58-56-54-52-50-48-46-44-42-40-37-35-33-31-29-27-25-23-21-19-17-15-13-11-9-7-2/h47,49,55,57,63,65,70-71,75H,6-46,48,50-54,56,58-62,64,66-69H2,1-5H3,(H-,73,76,77,78)/p+1/b49-47+,57-55+,65-63+. The molecule has 1 amide bonds. The minimum Gasteiger partial charge on any atom is -0.387 e. The van der Waals surface area contributed by atoms with Crippen molar-refractivity contribution in [3.05, 3.63) is 36.5 Å². The lowest BCUT2D eigenvalue weighted by Crippen LogP contribution is -2.45. The first-order valence-electron chi connectivity index (χ1n) is 35.9. The summed E-state index contributed by atoms with van der Waals surface area (Å²) in [7, 11) is 1.56. The number of carbonyl (C=O) groups excluding carboxylic acids is 1. The van der Waals surface area contributed by atoms with Crippen LogP contribution in [0.25, 0.3) is 0 Å². The first-order valence-corrected chi connectivity index (χ1v) is 37.4. The number of aliphatic hydroxyl groups is 1. The van der Waals surface area contributed by atoms with Crippen LogP contribution in [0.4, 0.5) is 0 Å². The Morgan fingerprint density at radius 3 is 0.988 bits per heavy atom. The molecule has 0 aliphatic carbocycles. The summed E-state index contributed by atoms with van der Waals surface area (Å²) in [4.78, 5) is 23.4. The van der Waals surface area contributed by atoms with Crippen molar-refractivity contribution >= 4 is 13.7 Å². The summed E-state index contributed by atoms with van der Waals surface area (Å²) in [5.74, 6) is -0.183. The third-order valence-corrected chi connectivity index (χ3v) is 17.6. The van der Waals surface area contributed by atoms with Crippen molar-refractivity contribution in [3.8, 4) is 0 Å². The predicted molar refractivity (Wildman–Crippen MR) is 355 cm³/mol. The van der Waals surface area contributed by atoms with Crippen molar-refractivity contribution in [1.29, 1.82) is 0 Å². The molecule has 0 fully saturated rings. The zero-order valence-electron chi connectivity index (χ0n) is 55.1. The lowest BCUT2D eigenvalue weighted by Gasteiger charge is -2.25. The van der Waals surface area contributed by atoms with Crippen LogP contribution in [0, 0.1) is 0 Å². The van der Waals surface area contributed by atoms with Gasteiger partial charge in [-0.05, 0) is 44.9 Å². The van der Waals surface area contributed by atoms with Gasteiger partial charge in [0.05, 0.1) is 39.9 Å². The molecule has 3 unspecified atom stereocenters. The molecule has 9 heteroatoms. The molecule has 0 heterocycles. The van der Waals surface area contributed by atoms with E-state index in [1.165, 1.54) is 302 Å². The molecule has 0 aliphatic rings. The first-order chi connectivity index (χ1) is 39.5. The van der Waals surface area contributed by atoms with Crippen molar-refractivity contribution in [2.24, 2.45) is 0 Å². The van der Waals surface area contributed by atoms with Crippen molar-refractivity contribution in [2.45, 2.75) is 379 Å². The van der Waals surface area contributed by atoms with E-state index in [4.69, 9.17) is 9.05 Å². The van der Waals surface area contributed by atoms with E-state index in [0.29, 0.717) is 17.4 Å². The van der Waals surface area contributed by atoms with Gasteiger partial charge in [-0.1, -0.05) is 352 Å². The van der Waals surface area contributed by atoms with E-state index in [1.807, 2.05) is 27.2 Å². The van der Waals surface area contributed by atoms with E-state index >= 15 is 0 Å². The Bertz CT molecular complexity index is 1410. The molecule has 0 saturated carbocycles. The third kappa shape index (κ3) is 66.1. The molecule has 0 aromatic heterocycles. The molecule has 8 nitrogen and oxygen atoms in total. The van der Waals surface area contributed by atoms with Crippen molar-refractivity contribution in [3.63, 3.8) is 0 Å². The number of aliphatic hydroxyl groups excluding tert-OH is 1. The first kappa shape index (κ1) is 79.7. The van der Waals surface area contributed by atoms with Crippen molar-refractivity contribution in [2.75, 3.05) is 40.9 Å². The quantitative estimate of drug-likeness (QED) is 0.0243. The monoisotopic (exact) mass is 1160 g/mol. The second kappa shape index (κ2) is 63.2. The van der Waals surface area contributed by atoms with Gasteiger partial charge in [0, 0.05) is 6.42 Å². The van der Waals surface area contributed by atoms with Crippen molar-refractivity contribution < 1.29 is 32.9 Å². The summed E-state index contributed by atoms with van der Waals surface area (Å²) in [6.07, 6.45) is 84.6. The van der Waals surface area contributed by atoms with Gasteiger partial charge in [-0.15, -0.1) is 0 Å². The average molecular weight is 1160 g/mol. The van der Waals surface area contributed by atoms with Crippen LogP contribution in [-0.4, -0.2) is 73.4 Å². The molecule has 0 saturated heterocycles. The third-order valence-electron chi connectivity index (χ3n) is 16.6. The van der Waals surface area contributed by atoms with Gasteiger partial charge in [-0.2, -0.15) is 0 Å². The van der Waals surface area contributed by atoms with Crippen LogP contribution < -0.4 is 5.32 Å². The number of phosphoric ester groups is 1. The average Bonchev–Trinajstić information content (AvgIpc) is 3.43. The summed E-state index contributed by atoms with van der Waals surface area (Å²) >= 11 is 0. The molecule has 3 atom stereocenters. The number of unbranched alkanes of at least 4 members (excludes halogenated alkanes) is 50. The second-order valence-corrected chi connectivity index (χ2v) is 27.4. The number of nitrogens with one attached hydrogen (secondary N) is 1. The molecule has 0 radical (unpaired) electrons. The van der Waals surface area contributed by atoms with Crippen LogP contribution in [0.15, 0.2) is 36.5 Å². The SMILES string of the molecule is CCCCCCCCCCCCCCCCCCCCCC/C=C/CC/C=C/CC/C=C/C(O)C(COP(=O)(O)OCC[N+](C)(C)C)NC(=O)CCCCCCCCCCCCCCCCCCCCCCCCCCCCCCC. The molecule has 0 aromatic carbocycles. The molecule has 0 spiro atoms. The van der Waals surface area contributed by atoms with E-state index in [1.54, 1.807) is 6.08 Å². The summed E-state index contributed by atoms with van der Waals surface area (Å²) < 4.78 is 23.8. The Morgan fingerprint density at radius 1 is 0.407 bits per heavy atom. The maximum atomic E-state index is 13.0. The zero-order valence-corrected chi connectivity index (χ0v) is 55.9. The fourth-order valence-corrected chi connectivity index (χ4v) is 11.8. The highest BCUT2D eigenvalue weighted by atomic mass is 31.2. The van der Waals surface area contributed by atoms with Gasteiger partial charge in [0.15, 0.2) is 0 Å². The molecular weight excluding hydrogens is 1020 g/mol. The molecule has 0 bridgehead atoms. The van der Waals surface area contributed by atoms with Gasteiger partial charge < -0.3 is 19.8 Å². The van der Waals surface area contributed by atoms with E-state index in [0.717, 1.165) is 44.9 Å². The number of nitrogens with zero attached hydrogens (tertiary/aromatic N) is 1. The highest BCUT2D eigenvalue weighted by Gasteiger charge is 2.28. The molecule has 480 valence electrons. The van der Waals surface area contributed by atoms with Gasteiger partial charge in [-0.25, -0.2) is 4.57 Å². The maximum absolute atomic E-state index is 13.0. The summed E-state index contributed by atoms with van der Waals surface area (Å²) in [6, 6.07) is -0.870. The van der Waals surface area contributed by atoms with Crippen LogP contribution in [0.5, 0.6) is 0 Å². The van der Waals surface area contributed by atoms with E-state index in [-0.39, 0.29) is 19.1 Å². The molecule has 0 aliphatic heterocycles. The molecule has 0 aromatic rings. The number of quaternary nitrogens is 1. The van der Waals surface area contributed by atoms with Crippen LogP contribution in [0.3, 0.4) is 0 Å². The molecular formula is C72H142N2O6P+. The Morgan fingerprint density at radius 2 is 0.679 bits per heavy atom. The fourth-order valence-electron chi connectivity index (χ4n) is 11.0. The second-order valence-electron chi connectivity index (χ2n) is 26.0. The van der Waals surface area contributed by atoms with Crippen LogP contribution in [-0.2, 0) is 18.4 Å². The molecule has 81 heavy (non-hydrogen) atoms. The highest BCUT2D eigenvalue weighted by molar-refractivity contribution is 7.47. The smallest absolute Gasteiger partial charge is 0.387 e. The Kier molecular flexibility index (Phi) is 62.2. The van der Waals surface area contributed by atoms with Crippen LogP contribution in [0.1, 0.15) is 367 Å². The van der Waals surface area contributed by atoms with Crippen LogP contribution >= 0.6 is 7.82 Å². The number of carbonyl (C=O) groups is 1. The predicted octanol–water partition coefficient (Wildman–Crippen LogP) is 22.8. The van der Waals surface area contributed by atoms with Gasteiger partial charge >= 0.3 is 7.82 Å². The van der Waals surface area contributed by atoms with E-state index in [9.17, 15) is 19.4 Å². The zero-order chi connectivity index (χ0) is 59.1. The largest absolute Gasteiger partial charge is 0.472 e. The molecule has 0 rings (SSSR count). The fraction of sp³-hybridized carbons (Fsp3) is 0.903. The van der Waals surface area contributed by atoms with Gasteiger partial charge in [-0.3, -0.25) is 13.8 Å². The van der Waals surface area contributed by atoms with E-state index in [2.05, 4.69) is 43.5 Å². The van der Waals surface area contributed by atoms with Gasteiger partial charge in [0.2, 0.25) is 5.91 Å². The minimum atomic E-state index is -4.36. The number of hydrogen-bond acceptors (Lipinski definition) is 5. The normalized spacial score (nSPS) is 13.8. The Hall–Kier alpha value is -1.28. The number of allylic oxidation sites excluding steroid dienone is 5. The topological polar surface area (TPSA) is 105 Å². The molecule has 3 N–H and O–H groups in total. The highest BCUT2D eigenvalue weighted by Crippen LogP contribution is 2.43. The Balaban J connectivity index is 4.09. The van der Waals surface area contributed by atoms with Gasteiger partial charge in [0.25, 0.3) is 0 Å².